The highest BCUT2D eigenvalue weighted by molar-refractivity contribution is 5.86. The molecule has 0 aliphatic rings. The van der Waals surface area contributed by atoms with E-state index in [0.717, 1.165) is 4.90 Å². The summed E-state index contributed by atoms with van der Waals surface area (Å²) in [6.45, 7) is 0.648. The van der Waals surface area contributed by atoms with Crippen molar-refractivity contribution in [1.82, 2.24) is 4.90 Å². The number of hydrogen-bond acceptors (Lipinski definition) is 2. The fourth-order valence-electron chi connectivity index (χ4n) is 0.586. The Labute approximate surface area is 68.3 Å². The van der Waals surface area contributed by atoms with E-state index in [1.54, 1.807) is 0 Å². The summed E-state index contributed by atoms with van der Waals surface area (Å²) >= 11 is 0. The van der Waals surface area contributed by atoms with Gasteiger partial charge >= 0.3 is 6.18 Å². The quantitative estimate of drug-likeness (QED) is 0.639. The van der Waals surface area contributed by atoms with Crippen molar-refractivity contribution in [2.24, 2.45) is 5.73 Å². The smallest absolute Gasteiger partial charge is 0.347 e. The van der Waals surface area contributed by atoms with Crippen molar-refractivity contribution in [2.75, 3.05) is 14.1 Å². The zero-order valence-electron chi connectivity index (χ0n) is 7.07. The molecule has 0 aliphatic carbocycles. The Morgan fingerprint density at radius 1 is 1.33 bits per heavy atom. The Kier molecular flexibility index (Phi) is 2.74. The monoisotopic (exact) mass is 184 g/mol. The van der Waals surface area contributed by atoms with Crippen LogP contribution in [0.4, 0.5) is 13.2 Å². The average Bonchev–Trinajstić information content (AvgIpc) is 1.83. The molecule has 72 valence electrons. The summed E-state index contributed by atoms with van der Waals surface area (Å²) in [6, 6.07) is 0. The highest BCUT2D eigenvalue weighted by Crippen LogP contribution is 2.28. The van der Waals surface area contributed by atoms with Crippen molar-refractivity contribution in [1.29, 1.82) is 0 Å². The largest absolute Gasteiger partial charge is 0.415 e. The Hall–Kier alpha value is -0.780. The van der Waals surface area contributed by atoms with Gasteiger partial charge in [0.25, 0.3) is 5.91 Å². The lowest BCUT2D eigenvalue weighted by Gasteiger charge is -2.28. The van der Waals surface area contributed by atoms with Crippen LogP contribution in [0.5, 0.6) is 0 Å². The molecule has 1 atom stereocenters. The summed E-state index contributed by atoms with van der Waals surface area (Å²) in [7, 11) is 2.44. The van der Waals surface area contributed by atoms with Gasteiger partial charge in [-0.1, -0.05) is 0 Å². The average molecular weight is 184 g/mol. The van der Waals surface area contributed by atoms with E-state index in [1.807, 2.05) is 0 Å². The maximum atomic E-state index is 12.1. The maximum absolute atomic E-state index is 12.1. The molecule has 0 radical (unpaired) electrons. The molecule has 0 aromatic carbocycles. The van der Waals surface area contributed by atoms with Gasteiger partial charge in [0.15, 0.2) is 5.54 Å². The van der Waals surface area contributed by atoms with Gasteiger partial charge in [0, 0.05) is 14.1 Å². The fraction of sp³-hybridized carbons (Fsp3) is 0.833. The molecule has 2 N–H and O–H groups in total. The molecule has 1 amide bonds. The van der Waals surface area contributed by atoms with Gasteiger partial charge < -0.3 is 10.6 Å². The van der Waals surface area contributed by atoms with Crippen LogP contribution in [-0.2, 0) is 4.79 Å². The topological polar surface area (TPSA) is 46.3 Å². The predicted octanol–water partition coefficient (Wildman–Crippen LogP) is 0.354. The Morgan fingerprint density at radius 3 is 1.75 bits per heavy atom. The molecule has 0 bridgehead atoms. The maximum Gasteiger partial charge on any atom is 0.415 e. The normalized spacial score (nSPS) is 16.9. The van der Waals surface area contributed by atoms with E-state index >= 15 is 0 Å². The van der Waals surface area contributed by atoms with E-state index < -0.39 is 17.6 Å². The molecule has 0 fully saturated rings. The summed E-state index contributed by atoms with van der Waals surface area (Å²) in [5.41, 5.74) is 2.03. The van der Waals surface area contributed by atoms with Gasteiger partial charge in [-0.25, -0.2) is 0 Å². The zero-order valence-corrected chi connectivity index (χ0v) is 7.07. The number of nitrogens with zero attached hydrogens (tertiary/aromatic N) is 1. The van der Waals surface area contributed by atoms with Crippen LogP contribution < -0.4 is 5.73 Å². The van der Waals surface area contributed by atoms with Crippen LogP contribution in [0.15, 0.2) is 0 Å². The van der Waals surface area contributed by atoms with E-state index in [1.165, 1.54) is 14.1 Å². The van der Waals surface area contributed by atoms with Crippen LogP contribution >= 0.6 is 0 Å². The number of alkyl halides is 3. The third-order valence-corrected chi connectivity index (χ3v) is 1.44. The molecule has 6 heteroatoms. The molecule has 0 aromatic rings. The molecular formula is C6H11F3N2O. The first-order chi connectivity index (χ1) is 5.10. The highest BCUT2D eigenvalue weighted by atomic mass is 19.4. The van der Waals surface area contributed by atoms with Crippen molar-refractivity contribution < 1.29 is 18.0 Å². The van der Waals surface area contributed by atoms with Crippen molar-refractivity contribution in [2.45, 2.75) is 18.6 Å². The van der Waals surface area contributed by atoms with Crippen molar-refractivity contribution in [3.63, 3.8) is 0 Å². The first-order valence-corrected chi connectivity index (χ1v) is 3.18. The first-order valence-electron chi connectivity index (χ1n) is 3.18. The lowest BCUT2D eigenvalue weighted by molar-refractivity contribution is -0.192. The molecular weight excluding hydrogens is 173 g/mol. The van der Waals surface area contributed by atoms with Crippen LogP contribution in [0.25, 0.3) is 0 Å². The Balaban J connectivity index is 4.74. The van der Waals surface area contributed by atoms with Crippen LogP contribution in [0.3, 0.4) is 0 Å². The van der Waals surface area contributed by atoms with E-state index in [0.29, 0.717) is 6.92 Å². The second-order valence-electron chi connectivity index (χ2n) is 2.90. The number of likely N-dealkylation sites (N-methyl/N-ethyl adjacent to an activating group) is 1. The van der Waals surface area contributed by atoms with Crippen molar-refractivity contribution in [3.05, 3.63) is 0 Å². The van der Waals surface area contributed by atoms with E-state index in [-0.39, 0.29) is 0 Å². The summed E-state index contributed by atoms with van der Waals surface area (Å²) < 4.78 is 36.2. The van der Waals surface area contributed by atoms with Crippen molar-refractivity contribution >= 4 is 5.91 Å². The molecule has 0 unspecified atom stereocenters. The van der Waals surface area contributed by atoms with Crippen LogP contribution in [-0.4, -0.2) is 36.6 Å². The van der Waals surface area contributed by atoms with Gasteiger partial charge in [0.1, 0.15) is 0 Å². The van der Waals surface area contributed by atoms with Crippen LogP contribution in [0.2, 0.25) is 0 Å². The Morgan fingerprint density at radius 2 is 1.67 bits per heavy atom. The van der Waals surface area contributed by atoms with Crippen LogP contribution in [0, 0.1) is 0 Å². The third kappa shape index (κ3) is 1.88. The number of hydrogen-bond donors (Lipinski definition) is 1. The molecule has 0 aromatic heterocycles. The highest BCUT2D eigenvalue weighted by Gasteiger charge is 2.54. The summed E-state index contributed by atoms with van der Waals surface area (Å²) in [5.74, 6) is -1.16. The summed E-state index contributed by atoms with van der Waals surface area (Å²) in [5, 5.41) is 0. The SMILES string of the molecule is CN(C)C(=O)[C@@](C)(N)C(F)(F)F. The number of amides is 1. The fourth-order valence-corrected chi connectivity index (χ4v) is 0.586. The standard InChI is InChI=1S/C6H11F3N2O/c1-5(10,6(7,8)9)4(12)11(2)3/h10H2,1-3H3/t5-/m1/s1. The Bertz CT molecular complexity index is 186. The molecule has 0 aliphatic heterocycles. The minimum Gasteiger partial charge on any atom is -0.347 e. The summed E-state index contributed by atoms with van der Waals surface area (Å²) in [6.07, 6.45) is -4.71. The molecule has 12 heavy (non-hydrogen) atoms. The minimum atomic E-state index is -4.71. The van der Waals surface area contributed by atoms with Gasteiger partial charge in [-0.05, 0) is 6.92 Å². The van der Waals surface area contributed by atoms with E-state index in [2.05, 4.69) is 0 Å². The lowest BCUT2D eigenvalue weighted by Crippen LogP contribution is -2.60. The predicted molar refractivity (Wildman–Crippen MR) is 37.3 cm³/mol. The third-order valence-electron chi connectivity index (χ3n) is 1.44. The number of carbonyl (C=O) groups is 1. The number of halogens is 3. The van der Waals surface area contributed by atoms with E-state index in [9.17, 15) is 18.0 Å². The second kappa shape index (κ2) is 2.93. The number of rotatable bonds is 1. The molecule has 0 heterocycles. The number of carbonyl (C=O) groups excluding carboxylic acids is 1. The van der Waals surface area contributed by atoms with Gasteiger partial charge in [-0.3, -0.25) is 4.79 Å². The molecule has 0 saturated carbocycles. The summed E-state index contributed by atoms with van der Waals surface area (Å²) in [4.78, 5) is 11.7. The van der Waals surface area contributed by atoms with Crippen molar-refractivity contribution in [3.8, 4) is 0 Å². The number of nitrogens with two attached hydrogens (primary N) is 1. The van der Waals surface area contributed by atoms with Crippen LogP contribution in [0.1, 0.15) is 6.92 Å². The van der Waals surface area contributed by atoms with Gasteiger partial charge in [0.2, 0.25) is 0 Å². The van der Waals surface area contributed by atoms with E-state index in [4.69, 9.17) is 5.73 Å². The van der Waals surface area contributed by atoms with Gasteiger partial charge in [-0.15, -0.1) is 0 Å². The molecule has 0 spiro atoms. The second-order valence-corrected chi connectivity index (χ2v) is 2.90. The minimum absolute atomic E-state index is 0.648. The first kappa shape index (κ1) is 11.2. The lowest BCUT2D eigenvalue weighted by atomic mass is 10.0. The molecule has 3 nitrogen and oxygen atoms in total. The molecule has 0 saturated heterocycles. The van der Waals surface area contributed by atoms with Gasteiger partial charge in [0.05, 0.1) is 0 Å². The van der Waals surface area contributed by atoms with Gasteiger partial charge in [-0.2, -0.15) is 13.2 Å². The molecule has 0 rings (SSSR count). The zero-order chi connectivity index (χ0) is 10.2.